The van der Waals surface area contributed by atoms with Gasteiger partial charge in [-0.2, -0.15) is 8.78 Å². The summed E-state index contributed by atoms with van der Waals surface area (Å²) in [6.45, 7) is 0. The molecule has 1 aromatic carbocycles. The Morgan fingerprint density at radius 2 is 1.63 bits per heavy atom. The average Bonchev–Trinajstić information content (AvgIpc) is 2.36. The molecule has 0 heterocycles. The molecule has 0 aromatic heterocycles. The first kappa shape index (κ1) is 15.2. The molecule has 0 bridgehead atoms. The highest BCUT2D eigenvalue weighted by molar-refractivity contribution is 6.34. The van der Waals surface area contributed by atoms with Crippen LogP contribution in [0, 0.1) is 0 Å². The Hall–Kier alpha value is -1.82. The molecule has 0 N–H and O–H groups in total. The summed E-state index contributed by atoms with van der Waals surface area (Å²) in [6.07, 6.45) is -1.01. The molecular weight excluding hydrogens is 282 g/mol. The number of hydrogen-bond donors (Lipinski definition) is 0. The number of hydrogen-bond acceptors (Lipinski definition) is 4. The van der Waals surface area contributed by atoms with Crippen molar-refractivity contribution in [3.05, 3.63) is 35.4 Å². The van der Waals surface area contributed by atoms with E-state index in [4.69, 9.17) is 0 Å². The number of rotatable bonds is 5. The summed E-state index contributed by atoms with van der Waals surface area (Å²) in [5.74, 6) is -3.07. The van der Waals surface area contributed by atoms with Gasteiger partial charge in [-0.3, -0.25) is 9.59 Å². The van der Waals surface area contributed by atoms with E-state index in [2.05, 4.69) is 16.3 Å². The summed E-state index contributed by atoms with van der Waals surface area (Å²) < 4.78 is 29.3. The van der Waals surface area contributed by atoms with E-state index in [1.54, 1.807) is 0 Å². The van der Waals surface area contributed by atoms with Crippen LogP contribution in [0.4, 0.5) is 8.78 Å². The van der Waals surface area contributed by atoms with Gasteiger partial charge in [-0.15, -0.1) is 0 Å². The number of ether oxygens (including phenoxy) is 1. The van der Waals surface area contributed by atoms with Crippen molar-refractivity contribution in [3.63, 3.8) is 0 Å². The first-order valence-electron chi connectivity index (χ1n) is 5.07. The first-order chi connectivity index (χ1) is 8.75. The topological polar surface area (TPSA) is 60.4 Å². The van der Waals surface area contributed by atoms with E-state index in [0.29, 0.717) is 0 Å². The summed E-state index contributed by atoms with van der Waals surface area (Å²) in [7, 11) is 1.20. The third-order valence-corrected chi connectivity index (χ3v) is 2.48. The highest BCUT2D eigenvalue weighted by Gasteiger charge is 2.36. The van der Waals surface area contributed by atoms with E-state index in [-0.39, 0.29) is 11.1 Å². The number of alkyl halides is 3. The molecule has 0 aliphatic rings. The normalized spacial score (nSPS) is 10.9. The fraction of sp³-hybridized carbons (Fsp3) is 0.250. The number of ketones is 2. The summed E-state index contributed by atoms with van der Waals surface area (Å²) >= 11 is 4.50. The van der Waals surface area contributed by atoms with Crippen LogP contribution in [-0.2, 0) is 9.53 Å². The van der Waals surface area contributed by atoms with Gasteiger partial charge in [-0.25, -0.2) is 4.79 Å². The van der Waals surface area contributed by atoms with Crippen LogP contribution in [0.5, 0.6) is 0 Å². The smallest absolute Gasteiger partial charge is 0.380 e. The van der Waals surface area contributed by atoms with Crippen molar-refractivity contribution < 1.29 is 27.9 Å². The standard InChI is InChI=1S/C12H9ClF2O4/c1-19-11(18)8-4-2-7(3-5-8)9(16)6-10(17)12(13,14)15/h2-5H,6H2,1H3. The molecular formula is C12H9ClF2O4. The number of carbonyl (C=O) groups excluding carboxylic acids is 3. The molecule has 7 heteroatoms. The van der Waals surface area contributed by atoms with Crippen LogP contribution in [0.2, 0.25) is 0 Å². The van der Waals surface area contributed by atoms with Gasteiger partial charge in [0.2, 0.25) is 5.78 Å². The zero-order valence-corrected chi connectivity index (χ0v) is 10.5. The fourth-order valence-electron chi connectivity index (χ4n) is 1.26. The second-order valence-corrected chi connectivity index (χ2v) is 4.06. The van der Waals surface area contributed by atoms with Gasteiger partial charge in [0.05, 0.1) is 19.1 Å². The lowest BCUT2D eigenvalue weighted by molar-refractivity contribution is -0.132. The molecule has 0 saturated heterocycles. The number of methoxy groups -OCH3 is 1. The molecule has 0 radical (unpaired) electrons. The van der Waals surface area contributed by atoms with E-state index in [9.17, 15) is 23.2 Å². The molecule has 102 valence electrons. The van der Waals surface area contributed by atoms with Crippen molar-refractivity contribution in [2.45, 2.75) is 11.8 Å². The first-order valence-corrected chi connectivity index (χ1v) is 5.45. The zero-order valence-electron chi connectivity index (χ0n) is 9.78. The number of Topliss-reactive ketones (excluding diaryl/α,β-unsaturated/α-hetero) is 2. The summed E-state index contributed by atoms with van der Waals surface area (Å²) in [4.78, 5) is 33.5. The highest BCUT2D eigenvalue weighted by atomic mass is 35.5. The van der Waals surface area contributed by atoms with Crippen molar-refractivity contribution in [2.75, 3.05) is 7.11 Å². The monoisotopic (exact) mass is 290 g/mol. The average molecular weight is 291 g/mol. The minimum absolute atomic E-state index is 0.0296. The van der Waals surface area contributed by atoms with Gasteiger partial charge >= 0.3 is 11.4 Å². The van der Waals surface area contributed by atoms with Gasteiger partial charge in [-0.05, 0) is 23.7 Å². The van der Waals surface area contributed by atoms with E-state index >= 15 is 0 Å². The third kappa shape index (κ3) is 4.10. The van der Waals surface area contributed by atoms with Crippen LogP contribution in [0.3, 0.4) is 0 Å². The van der Waals surface area contributed by atoms with Crippen molar-refractivity contribution in [3.8, 4) is 0 Å². The maximum atomic E-state index is 12.4. The molecule has 0 unspecified atom stereocenters. The van der Waals surface area contributed by atoms with Crippen LogP contribution in [0.1, 0.15) is 27.1 Å². The zero-order chi connectivity index (χ0) is 14.6. The summed E-state index contributed by atoms with van der Waals surface area (Å²) in [5.41, 5.74) is 0.231. The summed E-state index contributed by atoms with van der Waals surface area (Å²) in [6, 6.07) is 5.08. The lowest BCUT2D eigenvalue weighted by atomic mass is 10.0. The van der Waals surface area contributed by atoms with Crippen molar-refractivity contribution in [1.29, 1.82) is 0 Å². The maximum Gasteiger partial charge on any atom is 0.380 e. The molecule has 1 rings (SSSR count). The van der Waals surface area contributed by atoms with Gasteiger partial charge in [0.25, 0.3) is 0 Å². The van der Waals surface area contributed by atoms with Crippen LogP contribution < -0.4 is 0 Å². The van der Waals surface area contributed by atoms with E-state index < -0.39 is 29.3 Å². The number of esters is 1. The molecule has 0 aliphatic carbocycles. The molecule has 0 spiro atoms. The van der Waals surface area contributed by atoms with Gasteiger partial charge in [0.15, 0.2) is 5.78 Å². The number of halogens is 3. The van der Waals surface area contributed by atoms with Crippen LogP contribution in [0.25, 0.3) is 0 Å². The van der Waals surface area contributed by atoms with E-state index in [1.165, 1.54) is 31.4 Å². The molecule has 4 nitrogen and oxygen atoms in total. The number of carbonyl (C=O) groups is 3. The fourth-order valence-corrected chi connectivity index (χ4v) is 1.32. The van der Waals surface area contributed by atoms with Crippen molar-refractivity contribution >= 4 is 29.1 Å². The SMILES string of the molecule is COC(=O)c1ccc(C(=O)CC(=O)C(F)(F)Cl)cc1. The van der Waals surface area contributed by atoms with E-state index in [0.717, 1.165) is 0 Å². The Bertz CT molecular complexity index is 505. The predicted molar refractivity (Wildman–Crippen MR) is 62.5 cm³/mol. The van der Waals surface area contributed by atoms with Crippen LogP contribution in [-0.4, -0.2) is 30.0 Å². The molecule has 0 saturated carbocycles. The largest absolute Gasteiger partial charge is 0.465 e. The van der Waals surface area contributed by atoms with Gasteiger partial charge in [-0.1, -0.05) is 12.1 Å². The molecule has 0 fully saturated rings. The molecule has 0 aliphatic heterocycles. The minimum Gasteiger partial charge on any atom is -0.465 e. The van der Waals surface area contributed by atoms with Crippen LogP contribution >= 0.6 is 11.6 Å². The Morgan fingerprint density at radius 3 is 2.05 bits per heavy atom. The Morgan fingerprint density at radius 1 is 1.16 bits per heavy atom. The minimum atomic E-state index is -4.05. The molecule has 19 heavy (non-hydrogen) atoms. The maximum absolute atomic E-state index is 12.4. The lowest BCUT2D eigenvalue weighted by Crippen LogP contribution is -2.24. The Kier molecular flexibility index (Phi) is 4.72. The number of benzene rings is 1. The van der Waals surface area contributed by atoms with Crippen molar-refractivity contribution in [1.82, 2.24) is 0 Å². The van der Waals surface area contributed by atoms with Gasteiger partial charge in [0, 0.05) is 5.56 Å². The van der Waals surface area contributed by atoms with Gasteiger partial charge < -0.3 is 4.74 Å². The quantitative estimate of drug-likeness (QED) is 0.362. The predicted octanol–water partition coefficient (Wildman–Crippen LogP) is 2.45. The highest BCUT2D eigenvalue weighted by Crippen LogP contribution is 2.22. The molecule has 0 amide bonds. The third-order valence-electron chi connectivity index (χ3n) is 2.27. The molecule has 0 atom stereocenters. The second kappa shape index (κ2) is 5.88. The summed E-state index contributed by atoms with van der Waals surface area (Å²) in [5, 5.41) is -4.05. The van der Waals surface area contributed by atoms with Crippen LogP contribution in [0.15, 0.2) is 24.3 Å². The van der Waals surface area contributed by atoms with Crippen molar-refractivity contribution in [2.24, 2.45) is 0 Å². The Balaban J connectivity index is 2.79. The molecule has 1 aromatic rings. The second-order valence-electron chi connectivity index (χ2n) is 3.59. The van der Waals surface area contributed by atoms with Gasteiger partial charge in [0.1, 0.15) is 0 Å². The van der Waals surface area contributed by atoms with E-state index in [1.807, 2.05) is 0 Å². The lowest BCUT2D eigenvalue weighted by Gasteiger charge is -2.06. The Labute approximate surface area is 112 Å².